The van der Waals surface area contributed by atoms with Gasteiger partial charge < -0.3 is 5.43 Å². The fourth-order valence-electron chi connectivity index (χ4n) is 1.81. The molecule has 0 spiro atoms. The third-order valence-corrected chi connectivity index (χ3v) is 2.56. The molecule has 16 heavy (non-hydrogen) atoms. The van der Waals surface area contributed by atoms with Gasteiger partial charge in [-0.1, -0.05) is 6.07 Å². The number of rotatable bonds is 1. The fourth-order valence-corrected chi connectivity index (χ4v) is 1.81. The number of hydrogen-bond acceptors (Lipinski definition) is 5. The van der Waals surface area contributed by atoms with E-state index in [0.717, 1.165) is 35.7 Å². The molecule has 2 N–H and O–H groups in total. The quantitative estimate of drug-likeness (QED) is 0.740. The largest absolute Gasteiger partial charge is 0.305 e. The Morgan fingerprint density at radius 3 is 3.00 bits per heavy atom. The normalized spacial score (nSPS) is 14.0. The Balaban J connectivity index is 2.14. The average molecular weight is 213 g/mol. The van der Waals surface area contributed by atoms with Crippen molar-refractivity contribution in [1.82, 2.24) is 20.4 Å². The maximum Gasteiger partial charge on any atom is 0.147 e. The number of aromatic nitrogens is 3. The smallest absolute Gasteiger partial charge is 0.147 e. The highest BCUT2D eigenvalue weighted by Gasteiger charge is 2.16. The molecule has 5 nitrogen and oxygen atoms in total. The Kier molecular flexibility index (Phi) is 2.23. The summed E-state index contributed by atoms with van der Waals surface area (Å²) >= 11 is 0. The van der Waals surface area contributed by atoms with E-state index in [9.17, 15) is 0 Å². The van der Waals surface area contributed by atoms with Crippen LogP contribution in [0, 0.1) is 0 Å². The molecule has 0 atom stereocenters. The van der Waals surface area contributed by atoms with Crippen LogP contribution in [0.1, 0.15) is 5.56 Å². The first-order chi connectivity index (χ1) is 7.95. The molecule has 1 aliphatic heterocycles. The van der Waals surface area contributed by atoms with Crippen molar-refractivity contribution in [3.8, 4) is 11.4 Å². The van der Waals surface area contributed by atoms with E-state index in [4.69, 9.17) is 0 Å². The van der Waals surface area contributed by atoms with E-state index in [1.807, 2.05) is 18.2 Å². The van der Waals surface area contributed by atoms with Crippen LogP contribution in [-0.4, -0.2) is 21.5 Å². The number of pyridine rings is 1. The van der Waals surface area contributed by atoms with Gasteiger partial charge in [-0.3, -0.25) is 4.98 Å². The minimum absolute atomic E-state index is 0.849. The van der Waals surface area contributed by atoms with Crippen molar-refractivity contribution >= 4 is 5.82 Å². The monoisotopic (exact) mass is 213 g/mol. The molecule has 3 heterocycles. The van der Waals surface area contributed by atoms with Gasteiger partial charge in [-0.15, -0.1) is 0 Å². The summed E-state index contributed by atoms with van der Waals surface area (Å²) in [7, 11) is 0. The molecular weight excluding hydrogens is 202 g/mol. The standard InChI is InChI=1S/C11H11N5/c1-2-5-12-9(3-1)10-8-4-6-15-16-11(8)14-7-13-10/h1-3,5,7,15H,4,6H2,(H,13,14,16). The van der Waals surface area contributed by atoms with Gasteiger partial charge in [0.1, 0.15) is 12.1 Å². The van der Waals surface area contributed by atoms with E-state index >= 15 is 0 Å². The number of hydrogen-bond donors (Lipinski definition) is 2. The molecule has 3 rings (SSSR count). The van der Waals surface area contributed by atoms with Gasteiger partial charge in [0.2, 0.25) is 0 Å². The van der Waals surface area contributed by atoms with E-state index in [1.165, 1.54) is 0 Å². The summed E-state index contributed by atoms with van der Waals surface area (Å²) in [5, 5.41) is 0. The van der Waals surface area contributed by atoms with Crippen molar-refractivity contribution in [2.75, 3.05) is 12.0 Å². The van der Waals surface area contributed by atoms with Crippen molar-refractivity contribution in [2.45, 2.75) is 6.42 Å². The van der Waals surface area contributed by atoms with Crippen molar-refractivity contribution in [3.05, 3.63) is 36.3 Å². The molecule has 2 aromatic rings. The van der Waals surface area contributed by atoms with Gasteiger partial charge in [0.15, 0.2) is 0 Å². The molecular formula is C11H11N5. The molecule has 2 aromatic heterocycles. The first-order valence-electron chi connectivity index (χ1n) is 5.19. The van der Waals surface area contributed by atoms with Crippen molar-refractivity contribution in [3.63, 3.8) is 0 Å². The van der Waals surface area contributed by atoms with Gasteiger partial charge >= 0.3 is 0 Å². The summed E-state index contributed by atoms with van der Waals surface area (Å²) in [5.74, 6) is 0.849. The molecule has 0 bridgehead atoms. The number of nitrogens with one attached hydrogen (secondary N) is 2. The summed E-state index contributed by atoms with van der Waals surface area (Å²) in [6, 6.07) is 5.83. The summed E-state index contributed by atoms with van der Waals surface area (Å²) in [6.07, 6.45) is 4.25. The van der Waals surface area contributed by atoms with E-state index in [2.05, 4.69) is 25.8 Å². The molecule has 5 heteroatoms. The highest BCUT2D eigenvalue weighted by molar-refractivity contribution is 5.65. The minimum atomic E-state index is 0.849. The van der Waals surface area contributed by atoms with Gasteiger partial charge in [-0.25, -0.2) is 15.4 Å². The predicted octanol–water partition coefficient (Wildman–Crippen LogP) is 1.01. The summed E-state index contributed by atoms with van der Waals surface area (Å²) in [5.41, 5.74) is 9.04. The van der Waals surface area contributed by atoms with Crippen LogP contribution < -0.4 is 10.9 Å². The lowest BCUT2D eigenvalue weighted by Gasteiger charge is -2.19. The van der Waals surface area contributed by atoms with E-state index < -0.39 is 0 Å². The first kappa shape index (κ1) is 9.23. The molecule has 0 fully saturated rings. The molecule has 0 aliphatic carbocycles. The number of hydrazine groups is 1. The van der Waals surface area contributed by atoms with Crippen LogP contribution in [0.3, 0.4) is 0 Å². The number of fused-ring (bicyclic) bond motifs is 1. The highest BCUT2D eigenvalue weighted by atomic mass is 15.4. The summed E-state index contributed by atoms with van der Waals surface area (Å²) in [4.78, 5) is 12.8. The highest BCUT2D eigenvalue weighted by Crippen LogP contribution is 2.25. The van der Waals surface area contributed by atoms with Crippen LogP contribution in [0.15, 0.2) is 30.7 Å². The minimum Gasteiger partial charge on any atom is -0.305 e. The maximum absolute atomic E-state index is 4.32. The van der Waals surface area contributed by atoms with Crippen molar-refractivity contribution in [2.24, 2.45) is 0 Å². The molecule has 0 saturated carbocycles. The lowest BCUT2D eigenvalue weighted by atomic mass is 10.1. The first-order valence-corrected chi connectivity index (χ1v) is 5.19. The van der Waals surface area contributed by atoms with Gasteiger partial charge in [0.25, 0.3) is 0 Å². The Morgan fingerprint density at radius 1 is 1.12 bits per heavy atom. The van der Waals surface area contributed by atoms with Crippen LogP contribution in [0.25, 0.3) is 11.4 Å². The van der Waals surface area contributed by atoms with E-state index in [0.29, 0.717) is 0 Å². The average Bonchev–Trinajstić information content (AvgIpc) is 2.39. The Labute approximate surface area is 92.9 Å². The lowest BCUT2D eigenvalue weighted by molar-refractivity contribution is 0.732. The van der Waals surface area contributed by atoms with Crippen LogP contribution in [0.5, 0.6) is 0 Å². The van der Waals surface area contributed by atoms with Crippen LogP contribution >= 0.6 is 0 Å². The molecule has 80 valence electrons. The van der Waals surface area contributed by atoms with Gasteiger partial charge in [0, 0.05) is 18.3 Å². The van der Waals surface area contributed by atoms with Gasteiger partial charge in [0.05, 0.1) is 11.4 Å². The van der Waals surface area contributed by atoms with Gasteiger partial charge in [-0.2, -0.15) is 0 Å². The molecule has 0 amide bonds. The summed E-state index contributed by atoms with van der Waals surface area (Å²) in [6.45, 7) is 0.875. The molecule has 0 radical (unpaired) electrons. The maximum atomic E-state index is 4.32. The van der Waals surface area contributed by atoms with Crippen LogP contribution in [0.2, 0.25) is 0 Å². The fraction of sp³-hybridized carbons (Fsp3) is 0.182. The van der Waals surface area contributed by atoms with Crippen LogP contribution in [-0.2, 0) is 6.42 Å². The van der Waals surface area contributed by atoms with Crippen molar-refractivity contribution < 1.29 is 0 Å². The van der Waals surface area contributed by atoms with E-state index in [1.54, 1.807) is 12.5 Å². The Hall–Kier alpha value is -2.01. The van der Waals surface area contributed by atoms with E-state index in [-0.39, 0.29) is 0 Å². The molecule has 0 aromatic carbocycles. The zero-order valence-electron chi connectivity index (χ0n) is 8.64. The third kappa shape index (κ3) is 1.51. The van der Waals surface area contributed by atoms with Crippen molar-refractivity contribution in [1.29, 1.82) is 0 Å². The second kappa shape index (κ2) is 3.86. The lowest BCUT2D eigenvalue weighted by Crippen LogP contribution is -2.31. The molecule has 1 aliphatic rings. The zero-order valence-corrected chi connectivity index (χ0v) is 8.64. The zero-order chi connectivity index (χ0) is 10.8. The Bertz CT molecular complexity index is 497. The SMILES string of the molecule is c1ccc(-c2ncnc3c2CCNN3)nc1. The molecule has 0 saturated heterocycles. The topological polar surface area (TPSA) is 62.7 Å². The second-order valence-electron chi connectivity index (χ2n) is 3.57. The third-order valence-electron chi connectivity index (χ3n) is 2.56. The summed E-state index contributed by atoms with van der Waals surface area (Å²) < 4.78 is 0. The second-order valence-corrected chi connectivity index (χ2v) is 3.57. The van der Waals surface area contributed by atoms with Gasteiger partial charge in [-0.05, 0) is 18.6 Å². The number of anilines is 1. The predicted molar refractivity (Wildman–Crippen MR) is 60.6 cm³/mol. The van der Waals surface area contributed by atoms with Crippen LogP contribution in [0.4, 0.5) is 5.82 Å². The molecule has 0 unspecified atom stereocenters. The number of nitrogens with zero attached hydrogens (tertiary/aromatic N) is 3. The Morgan fingerprint density at radius 2 is 2.12 bits per heavy atom.